The lowest BCUT2D eigenvalue weighted by Gasteiger charge is -2.32. The second-order valence-electron chi connectivity index (χ2n) is 6.50. The van der Waals surface area contributed by atoms with E-state index in [1.165, 1.54) is 0 Å². The predicted molar refractivity (Wildman–Crippen MR) is 93.9 cm³/mol. The fourth-order valence-electron chi connectivity index (χ4n) is 3.04. The zero-order valence-electron chi connectivity index (χ0n) is 14.3. The number of piperazine rings is 1. The number of hydrogen-bond donors (Lipinski definition) is 1. The number of benzene rings is 1. The minimum atomic E-state index is -0.141. The van der Waals surface area contributed by atoms with Crippen molar-refractivity contribution in [1.82, 2.24) is 15.1 Å². The molecule has 1 fully saturated rings. The van der Waals surface area contributed by atoms with Gasteiger partial charge in [0.05, 0.1) is 0 Å². The number of nitrogens with zero attached hydrogens (tertiary/aromatic N) is 3. The van der Waals surface area contributed by atoms with Crippen molar-refractivity contribution < 1.29 is 9.63 Å². The molecule has 0 radical (unpaired) electrons. The fourth-order valence-corrected chi connectivity index (χ4v) is 3.04. The maximum Gasteiger partial charge on any atom is 0.269 e. The highest BCUT2D eigenvalue weighted by molar-refractivity contribution is 6.39. The van der Waals surface area contributed by atoms with E-state index in [9.17, 15) is 4.79 Å². The Balaban J connectivity index is 1.34. The van der Waals surface area contributed by atoms with Gasteiger partial charge in [0.25, 0.3) is 5.91 Å². The smallest absolute Gasteiger partial charge is 0.269 e. The van der Waals surface area contributed by atoms with Gasteiger partial charge < -0.3 is 20.0 Å². The number of hydrogen-bond acceptors (Lipinski definition) is 5. The number of carbonyl (C=O) groups excluding carboxylic acids is 1. The number of carbonyl (C=O) groups is 1. The molecule has 130 valence electrons. The summed E-state index contributed by atoms with van der Waals surface area (Å²) in [4.78, 5) is 22.4. The van der Waals surface area contributed by atoms with Gasteiger partial charge in [-0.1, -0.05) is 35.5 Å². The van der Waals surface area contributed by atoms with E-state index in [4.69, 9.17) is 4.84 Å². The largest absolute Gasteiger partial charge is 0.387 e. The molecule has 1 saturated heterocycles. The molecule has 6 heteroatoms. The minimum Gasteiger partial charge on any atom is -0.387 e. The van der Waals surface area contributed by atoms with E-state index in [0.717, 1.165) is 44.7 Å². The van der Waals surface area contributed by atoms with Gasteiger partial charge in [0.15, 0.2) is 6.10 Å². The summed E-state index contributed by atoms with van der Waals surface area (Å²) < 4.78 is 0. The van der Waals surface area contributed by atoms with Gasteiger partial charge in [0.1, 0.15) is 5.71 Å². The van der Waals surface area contributed by atoms with Crippen molar-refractivity contribution in [2.75, 3.05) is 46.3 Å². The molecule has 0 spiro atoms. The zero-order chi connectivity index (χ0) is 16.8. The lowest BCUT2D eigenvalue weighted by molar-refractivity contribution is -0.114. The molecule has 1 atom stereocenters. The molecule has 2 aliphatic heterocycles. The molecule has 1 aromatic rings. The number of amides is 1. The van der Waals surface area contributed by atoms with Crippen LogP contribution in [-0.2, 0) is 9.63 Å². The van der Waals surface area contributed by atoms with Crippen LogP contribution in [0.15, 0.2) is 35.5 Å². The van der Waals surface area contributed by atoms with Crippen LogP contribution >= 0.6 is 0 Å². The molecular formula is C18H26N4O2. The van der Waals surface area contributed by atoms with Gasteiger partial charge in [-0.25, -0.2) is 0 Å². The van der Waals surface area contributed by atoms with Gasteiger partial charge in [-0.05, 0) is 25.6 Å². The van der Waals surface area contributed by atoms with E-state index in [0.29, 0.717) is 18.7 Å². The Morgan fingerprint density at radius 3 is 2.75 bits per heavy atom. The summed E-state index contributed by atoms with van der Waals surface area (Å²) >= 11 is 0. The summed E-state index contributed by atoms with van der Waals surface area (Å²) in [6.45, 7) is 6.19. The Bertz CT molecular complexity index is 568. The van der Waals surface area contributed by atoms with E-state index >= 15 is 0 Å². The van der Waals surface area contributed by atoms with Crippen LogP contribution in [0.1, 0.15) is 24.5 Å². The number of nitrogens with one attached hydrogen (secondary N) is 1. The van der Waals surface area contributed by atoms with Gasteiger partial charge in [0, 0.05) is 39.1 Å². The lowest BCUT2D eigenvalue weighted by Crippen LogP contribution is -2.45. The van der Waals surface area contributed by atoms with E-state index in [1.807, 2.05) is 30.3 Å². The van der Waals surface area contributed by atoms with Crippen LogP contribution in [0.5, 0.6) is 0 Å². The van der Waals surface area contributed by atoms with Crippen LogP contribution < -0.4 is 5.32 Å². The van der Waals surface area contributed by atoms with Gasteiger partial charge in [-0.2, -0.15) is 0 Å². The quantitative estimate of drug-likeness (QED) is 0.798. The fraction of sp³-hybridized carbons (Fsp3) is 0.556. The van der Waals surface area contributed by atoms with Gasteiger partial charge in [-0.15, -0.1) is 0 Å². The van der Waals surface area contributed by atoms with E-state index in [2.05, 4.69) is 27.3 Å². The molecule has 1 amide bonds. The molecule has 2 aliphatic rings. The van der Waals surface area contributed by atoms with Gasteiger partial charge in [-0.3, -0.25) is 4.79 Å². The molecule has 2 heterocycles. The highest BCUT2D eigenvalue weighted by atomic mass is 16.6. The molecule has 0 aromatic heterocycles. The molecule has 1 N–H and O–H groups in total. The van der Waals surface area contributed by atoms with Crippen molar-refractivity contribution in [3.05, 3.63) is 35.9 Å². The first kappa shape index (κ1) is 16.9. The van der Waals surface area contributed by atoms with Crippen molar-refractivity contribution in [3.63, 3.8) is 0 Å². The Kier molecular flexibility index (Phi) is 5.82. The van der Waals surface area contributed by atoms with E-state index in [-0.39, 0.29) is 12.0 Å². The van der Waals surface area contributed by atoms with Crippen molar-refractivity contribution in [1.29, 1.82) is 0 Å². The summed E-state index contributed by atoms with van der Waals surface area (Å²) in [5, 5.41) is 6.92. The zero-order valence-corrected chi connectivity index (χ0v) is 14.3. The van der Waals surface area contributed by atoms with Crippen LogP contribution in [0.3, 0.4) is 0 Å². The molecule has 0 bridgehead atoms. The summed E-state index contributed by atoms with van der Waals surface area (Å²) in [6, 6.07) is 9.89. The van der Waals surface area contributed by atoms with E-state index in [1.54, 1.807) is 0 Å². The Morgan fingerprint density at radius 1 is 1.25 bits per heavy atom. The highest BCUT2D eigenvalue weighted by Gasteiger charge is 2.27. The average molecular weight is 330 g/mol. The highest BCUT2D eigenvalue weighted by Crippen LogP contribution is 2.26. The van der Waals surface area contributed by atoms with E-state index < -0.39 is 0 Å². The Hall–Kier alpha value is -1.92. The lowest BCUT2D eigenvalue weighted by atomic mass is 10.0. The predicted octanol–water partition coefficient (Wildman–Crippen LogP) is 1.26. The summed E-state index contributed by atoms with van der Waals surface area (Å²) in [7, 11) is 2.16. The van der Waals surface area contributed by atoms with Crippen LogP contribution in [0.4, 0.5) is 0 Å². The van der Waals surface area contributed by atoms with Gasteiger partial charge >= 0.3 is 0 Å². The molecule has 6 nitrogen and oxygen atoms in total. The molecule has 0 saturated carbocycles. The molecule has 0 aliphatic carbocycles. The number of oxime groups is 1. The normalized spacial score (nSPS) is 22.0. The third-order valence-corrected chi connectivity index (χ3v) is 4.63. The maximum absolute atomic E-state index is 12.2. The topological polar surface area (TPSA) is 57.2 Å². The first-order valence-electron chi connectivity index (χ1n) is 8.69. The Morgan fingerprint density at radius 2 is 2.00 bits per heavy atom. The summed E-state index contributed by atoms with van der Waals surface area (Å²) in [6.07, 6.45) is 1.36. The van der Waals surface area contributed by atoms with Crippen LogP contribution in [0, 0.1) is 0 Å². The van der Waals surface area contributed by atoms with Crippen LogP contribution in [0.25, 0.3) is 0 Å². The summed E-state index contributed by atoms with van der Waals surface area (Å²) in [5.74, 6) is -0.105. The van der Waals surface area contributed by atoms with Crippen molar-refractivity contribution in [2.24, 2.45) is 5.16 Å². The molecular weight excluding hydrogens is 304 g/mol. The molecule has 1 unspecified atom stereocenters. The first-order valence-corrected chi connectivity index (χ1v) is 8.69. The summed E-state index contributed by atoms with van der Waals surface area (Å²) in [5.41, 5.74) is 1.54. The standard InChI is InChI=1S/C18H26N4O2/c1-21-10-12-22(13-11-21)9-5-8-19-18(23)16-14-17(24-20-16)15-6-3-2-4-7-15/h2-4,6-7,17H,5,8-14H2,1H3,(H,19,23). The number of rotatable bonds is 6. The average Bonchev–Trinajstić information content (AvgIpc) is 3.11. The molecule has 3 rings (SSSR count). The van der Waals surface area contributed by atoms with Crippen molar-refractivity contribution >= 4 is 11.6 Å². The first-order chi connectivity index (χ1) is 11.7. The second-order valence-corrected chi connectivity index (χ2v) is 6.50. The molecule has 24 heavy (non-hydrogen) atoms. The minimum absolute atomic E-state index is 0.105. The SMILES string of the molecule is CN1CCN(CCCNC(=O)C2=NOC(c3ccccc3)C2)CC1. The second kappa shape index (κ2) is 8.26. The third-order valence-electron chi connectivity index (χ3n) is 4.63. The van der Waals surface area contributed by atoms with Gasteiger partial charge in [0.2, 0.25) is 0 Å². The van der Waals surface area contributed by atoms with Crippen molar-refractivity contribution in [3.8, 4) is 0 Å². The number of likely N-dealkylation sites (N-methyl/N-ethyl adjacent to an activating group) is 1. The van der Waals surface area contributed by atoms with Crippen molar-refractivity contribution in [2.45, 2.75) is 18.9 Å². The monoisotopic (exact) mass is 330 g/mol. The molecule has 1 aromatic carbocycles. The maximum atomic E-state index is 12.2. The Labute approximate surface area is 143 Å². The third kappa shape index (κ3) is 4.55. The van der Waals surface area contributed by atoms with Crippen LogP contribution in [0.2, 0.25) is 0 Å². The van der Waals surface area contributed by atoms with Crippen LogP contribution in [-0.4, -0.2) is 67.7 Å².